The molecule has 3 N–H and O–H groups in total. The first-order chi connectivity index (χ1) is 19.4. The number of rotatable bonds is 10. The van der Waals surface area contributed by atoms with Crippen LogP contribution in [0.15, 0.2) is 78.9 Å². The van der Waals surface area contributed by atoms with Gasteiger partial charge in [-0.15, -0.1) is 0 Å². The number of nitrogens with zero attached hydrogens (tertiary/aromatic N) is 1. The van der Waals surface area contributed by atoms with E-state index in [-0.39, 0.29) is 31.5 Å². The lowest BCUT2D eigenvalue weighted by molar-refractivity contribution is -0.147. The highest BCUT2D eigenvalue weighted by Crippen LogP contribution is 2.44. The summed E-state index contributed by atoms with van der Waals surface area (Å²) in [7, 11) is 0. The Morgan fingerprint density at radius 2 is 1.60 bits per heavy atom. The molecule has 0 radical (unpaired) electrons. The highest BCUT2D eigenvalue weighted by Gasteiger charge is 2.46. The third-order valence-electron chi connectivity index (χ3n) is 8.07. The summed E-state index contributed by atoms with van der Waals surface area (Å²) in [6, 6.07) is 26.1. The molecule has 0 aromatic heterocycles. The molecule has 1 aliphatic carbocycles. The van der Waals surface area contributed by atoms with Gasteiger partial charge in [-0.3, -0.25) is 9.69 Å². The molecule has 40 heavy (non-hydrogen) atoms. The lowest BCUT2D eigenvalue weighted by atomic mass is 9.96. The van der Waals surface area contributed by atoms with E-state index in [2.05, 4.69) is 34.9 Å². The molecule has 8 nitrogen and oxygen atoms in total. The van der Waals surface area contributed by atoms with E-state index in [1.165, 1.54) is 0 Å². The Balaban J connectivity index is 1.15. The Morgan fingerprint density at radius 3 is 2.23 bits per heavy atom. The Morgan fingerprint density at radius 1 is 0.975 bits per heavy atom. The molecule has 0 saturated carbocycles. The van der Waals surface area contributed by atoms with Crippen LogP contribution in [0.25, 0.3) is 11.1 Å². The number of carboxylic acids is 1. The van der Waals surface area contributed by atoms with Crippen molar-refractivity contribution in [1.29, 1.82) is 0 Å². The van der Waals surface area contributed by atoms with E-state index in [9.17, 15) is 19.5 Å². The van der Waals surface area contributed by atoms with Gasteiger partial charge in [0.15, 0.2) is 5.54 Å². The number of fused-ring (bicyclic) bond motifs is 3. The fourth-order valence-corrected chi connectivity index (χ4v) is 5.81. The number of carbonyl (C=O) groups is 3. The fraction of sp³-hybridized carbons (Fsp3) is 0.344. The summed E-state index contributed by atoms with van der Waals surface area (Å²) in [5, 5.41) is 15.6. The van der Waals surface area contributed by atoms with Crippen LogP contribution < -0.4 is 10.6 Å². The monoisotopic (exact) mass is 541 g/mol. The Hall–Kier alpha value is -4.17. The highest BCUT2D eigenvalue weighted by atomic mass is 16.5. The molecule has 2 atom stereocenters. The maximum absolute atomic E-state index is 13.2. The number of aliphatic carboxylic acids is 1. The van der Waals surface area contributed by atoms with Crippen molar-refractivity contribution in [3.8, 4) is 11.1 Å². The molecule has 3 aromatic carbocycles. The molecule has 8 heteroatoms. The summed E-state index contributed by atoms with van der Waals surface area (Å²) in [6.07, 6.45) is 0.159. The second-order valence-electron chi connectivity index (χ2n) is 10.6. The van der Waals surface area contributed by atoms with Crippen LogP contribution in [0.4, 0.5) is 4.79 Å². The Labute approximate surface area is 234 Å². The van der Waals surface area contributed by atoms with Crippen molar-refractivity contribution in [2.45, 2.75) is 37.8 Å². The Bertz CT molecular complexity index is 1330. The number of alkyl carbamates (subject to hydrolysis) is 1. The molecule has 0 bridgehead atoms. The van der Waals surface area contributed by atoms with Crippen LogP contribution >= 0.6 is 0 Å². The minimum absolute atomic E-state index is 0.0555. The highest BCUT2D eigenvalue weighted by molar-refractivity contribution is 5.89. The second-order valence-corrected chi connectivity index (χ2v) is 10.6. The number of carboxylic acid groups (broad SMARTS) is 1. The Kier molecular flexibility index (Phi) is 8.16. The zero-order valence-electron chi connectivity index (χ0n) is 22.6. The molecule has 3 aromatic rings. The van der Waals surface area contributed by atoms with E-state index in [4.69, 9.17) is 4.74 Å². The van der Waals surface area contributed by atoms with E-state index in [0.717, 1.165) is 27.8 Å². The predicted octanol–water partition coefficient (Wildman–Crippen LogP) is 4.40. The van der Waals surface area contributed by atoms with Gasteiger partial charge in [-0.2, -0.15) is 0 Å². The van der Waals surface area contributed by atoms with Gasteiger partial charge in [0.1, 0.15) is 6.61 Å². The maximum Gasteiger partial charge on any atom is 0.407 e. The van der Waals surface area contributed by atoms with Gasteiger partial charge in [0.05, 0.1) is 5.92 Å². The van der Waals surface area contributed by atoms with Crippen LogP contribution in [0.1, 0.15) is 42.4 Å². The van der Waals surface area contributed by atoms with E-state index < -0.39 is 23.5 Å². The van der Waals surface area contributed by atoms with Crippen molar-refractivity contribution in [1.82, 2.24) is 15.5 Å². The molecule has 2 unspecified atom stereocenters. The molecule has 2 amide bonds. The molecular formula is C32H35N3O5. The van der Waals surface area contributed by atoms with E-state index in [1.54, 1.807) is 0 Å². The van der Waals surface area contributed by atoms with Gasteiger partial charge < -0.3 is 20.5 Å². The van der Waals surface area contributed by atoms with Gasteiger partial charge in [0.25, 0.3) is 0 Å². The average molecular weight is 542 g/mol. The third kappa shape index (κ3) is 5.72. The number of carbonyl (C=O) groups excluding carboxylic acids is 2. The minimum Gasteiger partial charge on any atom is -0.479 e. The van der Waals surface area contributed by atoms with E-state index in [1.807, 2.05) is 66.4 Å². The van der Waals surface area contributed by atoms with Crippen molar-refractivity contribution in [2.75, 3.05) is 26.2 Å². The number of amides is 2. The molecule has 1 saturated heterocycles. The van der Waals surface area contributed by atoms with Crippen LogP contribution in [0.5, 0.6) is 0 Å². The van der Waals surface area contributed by atoms with Crippen LogP contribution in [-0.4, -0.2) is 59.8 Å². The van der Waals surface area contributed by atoms with Crippen molar-refractivity contribution in [3.05, 3.63) is 95.6 Å². The van der Waals surface area contributed by atoms with Crippen LogP contribution in [0.2, 0.25) is 0 Å². The van der Waals surface area contributed by atoms with Crippen LogP contribution in [0, 0.1) is 5.92 Å². The molecule has 1 aliphatic heterocycles. The maximum atomic E-state index is 13.2. The van der Waals surface area contributed by atoms with Crippen LogP contribution in [0.3, 0.4) is 0 Å². The summed E-state index contributed by atoms with van der Waals surface area (Å²) < 4.78 is 5.59. The largest absolute Gasteiger partial charge is 0.479 e. The molecule has 1 fully saturated rings. The summed E-state index contributed by atoms with van der Waals surface area (Å²) in [6.45, 7) is 3.49. The quantitative estimate of drug-likeness (QED) is 0.351. The van der Waals surface area contributed by atoms with Crippen molar-refractivity contribution in [3.63, 3.8) is 0 Å². The van der Waals surface area contributed by atoms with Crippen molar-refractivity contribution >= 4 is 18.0 Å². The van der Waals surface area contributed by atoms with Crippen LogP contribution in [-0.2, 0) is 20.9 Å². The average Bonchev–Trinajstić information content (AvgIpc) is 3.52. The van der Waals surface area contributed by atoms with Gasteiger partial charge in [-0.1, -0.05) is 85.8 Å². The van der Waals surface area contributed by atoms with Gasteiger partial charge in [-0.25, -0.2) is 9.59 Å². The SMILES string of the molecule is CCC(CNC(=O)OCC1c2ccccc2-c2ccccc21)C(=O)NC1(C(=O)O)CCN(Cc2ccccc2)C1. The zero-order valence-corrected chi connectivity index (χ0v) is 22.6. The molecule has 2 aliphatic rings. The smallest absolute Gasteiger partial charge is 0.407 e. The lowest BCUT2D eigenvalue weighted by Gasteiger charge is -2.28. The summed E-state index contributed by atoms with van der Waals surface area (Å²) in [4.78, 5) is 40.1. The second kappa shape index (κ2) is 11.9. The van der Waals surface area contributed by atoms with Crippen molar-refractivity contribution < 1.29 is 24.2 Å². The normalized spacial score (nSPS) is 18.9. The first-order valence-electron chi connectivity index (χ1n) is 13.8. The molecule has 208 valence electrons. The number of nitrogens with one attached hydrogen (secondary N) is 2. The number of ether oxygens (including phenoxy) is 1. The van der Waals surface area contributed by atoms with E-state index >= 15 is 0 Å². The van der Waals surface area contributed by atoms with Gasteiger partial charge in [-0.05, 0) is 40.7 Å². The minimum atomic E-state index is -1.36. The summed E-state index contributed by atoms with van der Waals surface area (Å²) in [5.74, 6) is -2.07. The fourth-order valence-electron chi connectivity index (χ4n) is 5.81. The lowest BCUT2D eigenvalue weighted by Crippen LogP contribution is -2.58. The number of benzene rings is 3. The first kappa shape index (κ1) is 27.4. The van der Waals surface area contributed by atoms with Crippen molar-refractivity contribution in [2.24, 2.45) is 5.92 Å². The number of hydrogen-bond acceptors (Lipinski definition) is 5. The van der Waals surface area contributed by atoms with E-state index in [0.29, 0.717) is 25.9 Å². The van der Waals surface area contributed by atoms with Gasteiger partial charge in [0, 0.05) is 32.1 Å². The standard InChI is InChI=1S/C32H35N3O5/c1-2-23(29(36)34-32(30(37)38)16-17-35(21-32)19-22-10-4-3-5-11-22)18-33-31(39)40-20-28-26-14-8-6-12-24(26)25-13-7-9-15-27(25)28/h3-15,23,28H,2,16-21H2,1H3,(H,33,39)(H,34,36)(H,37,38). The predicted molar refractivity (Wildman–Crippen MR) is 152 cm³/mol. The topological polar surface area (TPSA) is 108 Å². The summed E-state index contributed by atoms with van der Waals surface area (Å²) in [5.41, 5.74) is 4.28. The molecular weight excluding hydrogens is 506 g/mol. The molecule has 1 heterocycles. The number of likely N-dealkylation sites (tertiary alicyclic amines) is 1. The van der Waals surface area contributed by atoms with Gasteiger partial charge in [0.2, 0.25) is 5.91 Å². The first-order valence-corrected chi connectivity index (χ1v) is 13.8. The molecule has 5 rings (SSSR count). The van der Waals surface area contributed by atoms with Gasteiger partial charge >= 0.3 is 12.1 Å². The summed E-state index contributed by atoms with van der Waals surface area (Å²) >= 11 is 0. The number of hydrogen-bond donors (Lipinski definition) is 3. The molecule has 0 spiro atoms. The zero-order chi connectivity index (χ0) is 28.1. The third-order valence-corrected chi connectivity index (χ3v) is 8.07.